The molecule has 3 heteroatoms. The monoisotopic (exact) mass is 366 g/mol. The second-order valence-corrected chi connectivity index (χ2v) is 6.89. The molecule has 0 saturated carbocycles. The van der Waals surface area contributed by atoms with E-state index in [4.69, 9.17) is 9.15 Å². The molecule has 0 spiro atoms. The van der Waals surface area contributed by atoms with Crippen LogP contribution in [0.1, 0.15) is 11.1 Å². The minimum Gasteiger partial charge on any atom is -0.486 e. The first-order chi connectivity index (χ1) is 13.8. The van der Waals surface area contributed by atoms with Crippen molar-refractivity contribution < 1.29 is 9.15 Å². The van der Waals surface area contributed by atoms with E-state index < -0.39 is 0 Å². The van der Waals surface area contributed by atoms with E-state index in [-0.39, 0.29) is 11.5 Å². The van der Waals surface area contributed by atoms with E-state index in [1.807, 2.05) is 54.6 Å². The smallest absolute Gasteiger partial charge is 0.193 e. The van der Waals surface area contributed by atoms with Crippen molar-refractivity contribution in [2.24, 2.45) is 0 Å². The molecule has 0 radical (unpaired) electrons. The van der Waals surface area contributed by atoms with Gasteiger partial charge in [-0.2, -0.15) is 0 Å². The Bertz CT molecular complexity index is 1220. The summed E-state index contributed by atoms with van der Waals surface area (Å²) in [4.78, 5) is 12.7. The van der Waals surface area contributed by atoms with Crippen molar-refractivity contribution in [1.82, 2.24) is 0 Å². The minimum absolute atomic E-state index is 0.0359. The molecule has 1 aliphatic heterocycles. The molecule has 2 heterocycles. The van der Waals surface area contributed by atoms with E-state index in [2.05, 4.69) is 24.3 Å². The third-order valence-corrected chi connectivity index (χ3v) is 5.00. The van der Waals surface area contributed by atoms with Crippen LogP contribution in [-0.4, -0.2) is 6.10 Å². The summed E-state index contributed by atoms with van der Waals surface area (Å²) in [6.45, 7) is 0. The SMILES string of the molecule is O=c1cc(-c2ccccc2)oc2c3c(ccc12)O[C@H](/C=C/c1ccccc1)C3. The Hall–Kier alpha value is -3.59. The summed E-state index contributed by atoms with van der Waals surface area (Å²) in [5.74, 6) is 1.36. The quantitative estimate of drug-likeness (QED) is 0.482. The maximum atomic E-state index is 12.7. The zero-order valence-corrected chi connectivity index (χ0v) is 15.2. The summed E-state index contributed by atoms with van der Waals surface area (Å²) >= 11 is 0. The van der Waals surface area contributed by atoms with Crippen LogP contribution >= 0.6 is 0 Å². The van der Waals surface area contributed by atoms with Crippen LogP contribution in [0.25, 0.3) is 28.4 Å². The maximum Gasteiger partial charge on any atom is 0.193 e. The minimum atomic E-state index is -0.0773. The number of hydrogen-bond acceptors (Lipinski definition) is 3. The van der Waals surface area contributed by atoms with Gasteiger partial charge in [0.15, 0.2) is 5.43 Å². The van der Waals surface area contributed by atoms with Crippen molar-refractivity contribution in [3.63, 3.8) is 0 Å². The van der Waals surface area contributed by atoms with Crippen molar-refractivity contribution in [3.05, 3.63) is 106 Å². The molecular weight excluding hydrogens is 348 g/mol. The largest absolute Gasteiger partial charge is 0.486 e. The molecule has 1 aliphatic rings. The fourth-order valence-corrected chi connectivity index (χ4v) is 3.60. The van der Waals surface area contributed by atoms with Gasteiger partial charge >= 0.3 is 0 Å². The molecule has 0 saturated heterocycles. The summed E-state index contributed by atoms with van der Waals surface area (Å²) in [7, 11) is 0. The Morgan fingerprint density at radius 1 is 0.893 bits per heavy atom. The molecule has 28 heavy (non-hydrogen) atoms. The van der Waals surface area contributed by atoms with E-state index in [0.717, 1.165) is 22.4 Å². The van der Waals surface area contributed by atoms with Gasteiger partial charge in [0.1, 0.15) is 23.2 Å². The normalized spacial score (nSPS) is 15.6. The van der Waals surface area contributed by atoms with E-state index in [1.54, 1.807) is 12.1 Å². The number of fused-ring (bicyclic) bond motifs is 3. The molecule has 0 aliphatic carbocycles. The molecule has 0 unspecified atom stereocenters. The summed E-state index contributed by atoms with van der Waals surface area (Å²) in [6, 6.07) is 25.0. The van der Waals surface area contributed by atoms with Crippen LogP contribution in [0.5, 0.6) is 5.75 Å². The van der Waals surface area contributed by atoms with Crippen molar-refractivity contribution in [1.29, 1.82) is 0 Å². The fourth-order valence-electron chi connectivity index (χ4n) is 3.60. The predicted molar refractivity (Wildman–Crippen MR) is 112 cm³/mol. The van der Waals surface area contributed by atoms with E-state index in [1.165, 1.54) is 0 Å². The molecule has 4 aromatic rings. The average Bonchev–Trinajstić information content (AvgIpc) is 3.17. The van der Waals surface area contributed by atoms with Gasteiger partial charge in [-0.3, -0.25) is 4.79 Å². The molecule has 3 nitrogen and oxygen atoms in total. The Kier molecular flexibility index (Phi) is 4.06. The van der Waals surface area contributed by atoms with Crippen LogP contribution in [0.15, 0.2) is 94.2 Å². The Balaban J connectivity index is 1.54. The fraction of sp³-hybridized carbons (Fsp3) is 0.0800. The highest BCUT2D eigenvalue weighted by atomic mass is 16.5. The number of benzene rings is 3. The second kappa shape index (κ2) is 6.86. The summed E-state index contributed by atoms with van der Waals surface area (Å²) in [6.07, 6.45) is 4.72. The molecule has 1 aromatic heterocycles. The summed E-state index contributed by atoms with van der Waals surface area (Å²) in [5, 5.41) is 0.592. The second-order valence-electron chi connectivity index (χ2n) is 6.89. The zero-order chi connectivity index (χ0) is 18.9. The molecule has 3 aromatic carbocycles. The van der Waals surface area contributed by atoms with Crippen LogP contribution in [0.2, 0.25) is 0 Å². The predicted octanol–water partition coefficient (Wildman–Crippen LogP) is 5.48. The third kappa shape index (κ3) is 3.01. The lowest BCUT2D eigenvalue weighted by molar-refractivity contribution is 0.284. The molecule has 0 fully saturated rings. The van der Waals surface area contributed by atoms with E-state index in [9.17, 15) is 4.79 Å². The molecule has 0 bridgehead atoms. The lowest BCUT2D eigenvalue weighted by atomic mass is 10.0. The van der Waals surface area contributed by atoms with Gasteiger partial charge in [-0.15, -0.1) is 0 Å². The Morgan fingerprint density at radius 3 is 2.43 bits per heavy atom. The van der Waals surface area contributed by atoms with Crippen LogP contribution < -0.4 is 10.2 Å². The van der Waals surface area contributed by atoms with Crippen molar-refractivity contribution >= 4 is 17.0 Å². The van der Waals surface area contributed by atoms with Gasteiger partial charge in [0, 0.05) is 23.6 Å². The summed E-state index contributed by atoms with van der Waals surface area (Å²) in [5.41, 5.74) is 3.56. The first kappa shape index (κ1) is 16.6. The molecule has 5 rings (SSSR count). The van der Waals surface area contributed by atoms with Gasteiger partial charge in [-0.1, -0.05) is 66.7 Å². The Labute approximate surface area is 162 Å². The average molecular weight is 366 g/mol. The van der Waals surface area contributed by atoms with Gasteiger partial charge in [0.25, 0.3) is 0 Å². The zero-order valence-electron chi connectivity index (χ0n) is 15.2. The lowest BCUT2D eigenvalue weighted by Gasteiger charge is -2.06. The van der Waals surface area contributed by atoms with Crippen LogP contribution in [0, 0.1) is 0 Å². The highest BCUT2D eigenvalue weighted by Gasteiger charge is 2.25. The third-order valence-electron chi connectivity index (χ3n) is 5.00. The highest BCUT2D eigenvalue weighted by Crippen LogP contribution is 2.36. The van der Waals surface area contributed by atoms with Crippen LogP contribution in [0.3, 0.4) is 0 Å². The van der Waals surface area contributed by atoms with Crippen LogP contribution in [0.4, 0.5) is 0 Å². The van der Waals surface area contributed by atoms with E-state index >= 15 is 0 Å². The van der Waals surface area contributed by atoms with Gasteiger partial charge in [0.2, 0.25) is 0 Å². The molecular formula is C25H18O3. The van der Waals surface area contributed by atoms with E-state index in [0.29, 0.717) is 23.2 Å². The number of hydrogen-bond donors (Lipinski definition) is 0. The van der Waals surface area contributed by atoms with Gasteiger partial charge in [0.05, 0.1) is 5.39 Å². The number of ether oxygens (including phenoxy) is 1. The van der Waals surface area contributed by atoms with Crippen molar-refractivity contribution in [3.8, 4) is 17.1 Å². The van der Waals surface area contributed by atoms with Gasteiger partial charge in [-0.25, -0.2) is 0 Å². The lowest BCUT2D eigenvalue weighted by Crippen LogP contribution is -2.08. The maximum absolute atomic E-state index is 12.7. The van der Waals surface area contributed by atoms with Gasteiger partial charge in [-0.05, 0) is 23.8 Å². The molecule has 1 atom stereocenters. The Morgan fingerprint density at radius 2 is 1.64 bits per heavy atom. The van der Waals surface area contributed by atoms with Crippen molar-refractivity contribution in [2.45, 2.75) is 12.5 Å². The van der Waals surface area contributed by atoms with Crippen molar-refractivity contribution in [2.75, 3.05) is 0 Å². The highest BCUT2D eigenvalue weighted by molar-refractivity contribution is 5.84. The standard InChI is InChI=1S/C25H18O3/c26-22-16-24(18-9-5-2-6-10-18)28-25-20(22)13-14-23-21(25)15-19(27-23)12-11-17-7-3-1-4-8-17/h1-14,16,19H,15H2/b12-11+/t19-/m1/s1. The molecule has 136 valence electrons. The summed E-state index contributed by atoms with van der Waals surface area (Å²) < 4.78 is 12.3. The molecule has 0 N–H and O–H groups in total. The van der Waals surface area contributed by atoms with Crippen LogP contribution in [-0.2, 0) is 6.42 Å². The first-order valence-corrected chi connectivity index (χ1v) is 9.33. The first-order valence-electron chi connectivity index (χ1n) is 9.33. The number of rotatable bonds is 3. The molecule has 0 amide bonds. The topological polar surface area (TPSA) is 39.4 Å². The van der Waals surface area contributed by atoms with Gasteiger partial charge < -0.3 is 9.15 Å².